The van der Waals surface area contributed by atoms with E-state index in [1.807, 2.05) is 66.4 Å². The first-order valence-electron chi connectivity index (χ1n) is 12.2. The number of aryl methyl sites for hydroxylation is 1. The molecule has 0 saturated carbocycles. The van der Waals surface area contributed by atoms with Crippen LogP contribution in [-0.4, -0.2) is 35.2 Å². The van der Waals surface area contributed by atoms with Crippen molar-refractivity contribution >= 4 is 22.6 Å². The lowest BCUT2D eigenvalue weighted by molar-refractivity contribution is -0.117. The average Bonchev–Trinajstić information content (AvgIpc) is 3.42. The molecule has 4 aromatic rings. The van der Waals surface area contributed by atoms with Gasteiger partial charge in [-0.25, -0.2) is 4.98 Å². The van der Waals surface area contributed by atoms with Gasteiger partial charge in [-0.1, -0.05) is 36.4 Å². The summed E-state index contributed by atoms with van der Waals surface area (Å²) < 4.78 is 14.0. The smallest absolute Gasteiger partial charge is 0.227 e. The van der Waals surface area contributed by atoms with Gasteiger partial charge in [0.25, 0.3) is 0 Å². The molecule has 35 heavy (non-hydrogen) atoms. The summed E-state index contributed by atoms with van der Waals surface area (Å²) in [5.41, 5.74) is 5.33. The number of anilines is 1. The Hall–Kier alpha value is -3.80. The Morgan fingerprint density at radius 3 is 2.49 bits per heavy atom. The quantitative estimate of drug-likeness (QED) is 0.335. The molecule has 0 spiro atoms. The lowest BCUT2D eigenvalue weighted by Gasteiger charge is -2.20. The van der Waals surface area contributed by atoms with Crippen molar-refractivity contribution in [1.29, 1.82) is 0 Å². The minimum Gasteiger partial charge on any atom is -0.490 e. The van der Waals surface area contributed by atoms with Gasteiger partial charge in [0.2, 0.25) is 5.91 Å². The molecule has 3 aromatic carbocycles. The van der Waals surface area contributed by atoms with E-state index in [9.17, 15) is 4.79 Å². The third-order valence-corrected chi connectivity index (χ3v) is 6.76. The number of carbonyl (C=O) groups excluding carboxylic acids is 1. The summed E-state index contributed by atoms with van der Waals surface area (Å²) in [6.07, 6.45) is 0.449. The van der Waals surface area contributed by atoms with Gasteiger partial charge in [-0.15, -0.1) is 0 Å². The topological polar surface area (TPSA) is 56.6 Å². The Kier molecular flexibility index (Phi) is 6.45. The van der Waals surface area contributed by atoms with Gasteiger partial charge >= 0.3 is 0 Å². The molecule has 1 aliphatic heterocycles. The number of amides is 1. The number of carbonyl (C=O) groups is 1. The summed E-state index contributed by atoms with van der Waals surface area (Å²) in [6, 6.07) is 22.0. The molecule has 0 bridgehead atoms. The SMILES string of the molecule is CCOc1ccccc1OCCn1c(C2CC(=O)N(c3cccc(C)c3C)C2)nc2ccccc21. The van der Waals surface area contributed by atoms with Crippen molar-refractivity contribution in [2.75, 3.05) is 24.7 Å². The molecule has 1 amide bonds. The highest BCUT2D eigenvalue weighted by Gasteiger charge is 2.35. The van der Waals surface area contributed by atoms with Crippen LogP contribution in [0.15, 0.2) is 66.7 Å². The molecule has 180 valence electrons. The van der Waals surface area contributed by atoms with E-state index in [1.54, 1.807) is 0 Å². The van der Waals surface area contributed by atoms with Crippen molar-refractivity contribution in [2.45, 2.75) is 39.7 Å². The molecule has 0 N–H and O–H groups in total. The minimum atomic E-state index is 0.0190. The van der Waals surface area contributed by atoms with Gasteiger partial charge in [0, 0.05) is 24.6 Å². The fraction of sp³-hybridized carbons (Fsp3) is 0.310. The fourth-order valence-corrected chi connectivity index (χ4v) is 4.87. The van der Waals surface area contributed by atoms with Crippen molar-refractivity contribution in [1.82, 2.24) is 9.55 Å². The zero-order chi connectivity index (χ0) is 24.4. The number of fused-ring (bicyclic) bond motifs is 1. The molecule has 6 heteroatoms. The number of imidazole rings is 1. The normalized spacial score (nSPS) is 15.7. The van der Waals surface area contributed by atoms with E-state index < -0.39 is 0 Å². The lowest BCUT2D eigenvalue weighted by atomic mass is 10.1. The second kappa shape index (κ2) is 9.82. The average molecular weight is 470 g/mol. The molecule has 6 nitrogen and oxygen atoms in total. The second-order valence-electron chi connectivity index (χ2n) is 8.96. The number of benzene rings is 3. The van der Waals surface area contributed by atoms with E-state index in [0.717, 1.165) is 39.6 Å². The van der Waals surface area contributed by atoms with Gasteiger partial charge in [-0.2, -0.15) is 0 Å². The largest absolute Gasteiger partial charge is 0.490 e. The molecule has 1 fully saturated rings. The van der Waals surface area contributed by atoms with Crippen LogP contribution in [0.4, 0.5) is 5.69 Å². The Morgan fingerprint density at radius 2 is 1.69 bits per heavy atom. The van der Waals surface area contributed by atoms with Crippen LogP contribution in [0.25, 0.3) is 11.0 Å². The van der Waals surface area contributed by atoms with Crippen molar-refractivity contribution < 1.29 is 14.3 Å². The Morgan fingerprint density at radius 1 is 0.943 bits per heavy atom. The summed E-state index contributed by atoms with van der Waals surface area (Å²) in [7, 11) is 0. The predicted molar refractivity (Wildman–Crippen MR) is 138 cm³/mol. The first-order chi connectivity index (χ1) is 17.1. The second-order valence-corrected chi connectivity index (χ2v) is 8.96. The molecule has 1 unspecified atom stereocenters. The monoisotopic (exact) mass is 469 g/mol. The van der Waals surface area contributed by atoms with Crippen LogP contribution in [0.1, 0.15) is 36.2 Å². The molecule has 1 atom stereocenters. The molecule has 1 aliphatic rings. The number of hydrogen-bond acceptors (Lipinski definition) is 4. The maximum Gasteiger partial charge on any atom is 0.227 e. The van der Waals surface area contributed by atoms with E-state index in [2.05, 4.69) is 30.5 Å². The summed E-state index contributed by atoms with van der Waals surface area (Å²) in [5.74, 6) is 2.58. The lowest BCUT2D eigenvalue weighted by Crippen LogP contribution is -2.25. The molecular weight excluding hydrogens is 438 g/mol. The zero-order valence-corrected chi connectivity index (χ0v) is 20.5. The first kappa shape index (κ1) is 23.0. The van der Waals surface area contributed by atoms with Gasteiger partial charge in [-0.05, 0) is 62.2 Å². The van der Waals surface area contributed by atoms with Gasteiger partial charge in [0.1, 0.15) is 12.4 Å². The van der Waals surface area contributed by atoms with Crippen LogP contribution in [-0.2, 0) is 11.3 Å². The molecule has 0 radical (unpaired) electrons. The van der Waals surface area contributed by atoms with Gasteiger partial charge in [0.05, 0.1) is 24.2 Å². The van der Waals surface area contributed by atoms with Crippen LogP contribution < -0.4 is 14.4 Å². The van der Waals surface area contributed by atoms with E-state index >= 15 is 0 Å². The van der Waals surface area contributed by atoms with Gasteiger partial charge in [0.15, 0.2) is 11.5 Å². The standard InChI is InChI=1S/C29H31N3O3/c1-4-34-26-14-7-8-15-27(26)35-17-16-31-25-12-6-5-11-23(25)30-29(31)22-18-28(33)32(19-22)24-13-9-10-20(2)21(24)3/h5-15,22H,4,16-19H2,1-3H3. The minimum absolute atomic E-state index is 0.0190. The van der Waals surface area contributed by atoms with Gasteiger partial charge in [-0.3, -0.25) is 4.79 Å². The molecule has 1 aromatic heterocycles. The molecular formula is C29H31N3O3. The number of hydrogen-bond donors (Lipinski definition) is 0. The Balaban J connectivity index is 1.40. The highest BCUT2D eigenvalue weighted by atomic mass is 16.5. The van der Waals surface area contributed by atoms with Crippen LogP contribution in [0, 0.1) is 13.8 Å². The number of rotatable bonds is 8. The maximum atomic E-state index is 13.1. The summed E-state index contributed by atoms with van der Waals surface area (Å²) in [4.78, 5) is 20.0. The summed E-state index contributed by atoms with van der Waals surface area (Å²) in [6.45, 7) is 8.44. The van der Waals surface area contributed by atoms with E-state index in [-0.39, 0.29) is 11.8 Å². The van der Waals surface area contributed by atoms with Crippen LogP contribution in [0.2, 0.25) is 0 Å². The molecule has 1 saturated heterocycles. The molecule has 2 heterocycles. The van der Waals surface area contributed by atoms with E-state index in [0.29, 0.717) is 32.7 Å². The van der Waals surface area contributed by atoms with Crippen molar-refractivity contribution in [3.8, 4) is 11.5 Å². The Bertz CT molecular complexity index is 1360. The molecule has 0 aliphatic carbocycles. The fourth-order valence-electron chi connectivity index (χ4n) is 4.87. The number of nitrogens with zero attached hydrogens (tertiary/aromatic N) is 3. The van der Waals surface area contributed by atoms with Gasteiger partial charge < -0.3 is 18.9 Å². The van der Waals surface area contributed by atoms with E-state index in [4.69, 9.17) is 14.5 Å². The predicted octanol–water partition coefficient (Wildman–Crippen LogP) is 5.65. The number of para-hydroxylation sites is 4. The maximum absolute atomic E-state index is 13.1. The molecule has 5 rings (SSSR count). The van der Waals surface area contributed by atoms with Crippen molar-refractivity contribution in [2.24, 2.45) is 0 Å². The van der Waals surface area contributed by atoms with E-state index in [1.165, 1.54) is 5.56 Å². The summed E-state index contributed by atoms with van der Waals surface area (Å²) >= 11 is 0. The third-order valence-electron chi connectivity index (χ3n) is 6.76. The van der Waals surface area contributed by atoms with Crippen molar-refractivity contribution in [3.05, 3.63) is 83.7 Å². The Labute approximate surface area is 206 Å². The van der Waals surface area contributed by atoms with Crippen LogP contribution in [0.3, 0.4) is 0 Å². The first-order valence-corrected chi connectivity index (χ1v) is 12.2. The number of ether oxygens (including phenoxy) is 2. The summed E-state index contributed by atoms with van der Waals surface area (Å²) in [5, 5.41) is 0. The zero-order valence-electron chi connectivity index (χ0n) is 20.5. The third kappa shape index (κ3) is 4.48. The number of aromatic nitrogens is 2. The van der Waals surface area contributed by atoms with Crippen molar-refractivity contribution in [3.63, 3.8) is 0 Å². The van der Waals surface area contributed by atoms with Crippen LogP contribution >= 0.6 is 0 Å². The highest BCUT2D eigenvalue weighted by Crippen LogP contribution is 2.35. The highest BCUT2D eigenvalue weighted by molar-refractivity contribution is 5.97. The van der Waals surface area contributed by atoms with Crippen LogP contribution in [0.5, 0.6) is 11.5 Å².